The standard InChI is InChI=1S/C8H14N2O5S/c9-7(11)3-6(8(12)13)10-16(14,15)4-5-1-2-5/h5-6,10H,1-4H2,(H2,9,11)(H,12,13)/t6-/m1/s1. The van der Waals surface area contributed by atoms with Crippen LogP contribution in [0.4, 0.5) is 0 Å². The normalized spacial score (nSPS) is 18.0. The Morgan fingerprint density at radius 2 is 2.00 bits per heavy atom. The minimum Gasteiger partial charge on any atom is -0.480 e. The molecular weight excluding hydrogens is 236 g/mol. The van der Waals surface area contributed by atoms with Gasteiger partial charge in [-0.15, -0.1) is 0 Å². The molecule has 92 valence electrons. The Bertz CT molecular complexity index is 387. The number of carboxylic acid groups (broad SMARTS) is 1. The first kappa shape index (κ1) is 12.9. The number of carbonyl (C=O) groups excluding carboxylic acids is 1. The van der Waals surface area contributed by atoms with Crippen molar-refractivity contribution in [1.82, 2.24) is 4.72 Å². The van der Waals surface area contributed by atoms with Crippen molar-refractivity contribution in [2.75, 3.05) is 5.75 Å². The molecular formula is C8H14N2O5S. The lowest BCUT2D eigenvalue weighted by molar-refractivity contribution is -0.140. The molecule has 1 atom stereocenters. The quantitative estimate of drug-likeness (QED) is 0.514. The molecule has 1 fully saturated rings. The number of carboxylic acids is 1. The first-order valence-electron chi connectivity index (χ1n) is 4.81. The van der Waals surface area contributed by atoms with Gasteiger partial charge in [-0.25, -0.2) is 13.1 Å². The van der Waals surface area contributed by atoms with Crippen LogP contribution in [0.2, 0.25) is 0 Å². The average Bonchev–Trinajstić information content (AvgIpc) is 2.84. The molecule has 1 amide bonds. The summed E-state index contributed by atoms with van der Waals surface area (Å²) in [4.78, 5) is 21.2. The number of amides is 1. The van der Waals surface area contributed by atoms with E-state index in [0.717, 1.165) is 12.8 Å². The van der Waals surface area contributed by atoms with Gasteiger partial charge < -0.3 is 10.8 Å². The van der Waals surface area contributed by atoms with Crippen LogP contribution in [-0.4, -0.2) is 37.2 Å². The summed E-state index contributed by atoms with van der Waals surface area (Å²) in [5.41, 5.74) is 4.83. The van der Waals surface area contributed by atoms with E-state index in [0.29, 0.717) is 0 Å². The van der Waals surface area contributed by atoms with Crippen molar-refractivity contribution in [3.8, 4) is 0 Å². The fourth-order valence-electron chi connectivity index (χ4n) is 1.24. The molecule has 16 heavy (non-hydrogen) atoms. The van der Waals surface area contributed by atoms with Crippen LogP contribution in [0.15, 0.2) is 0 Å². The van der Waals surface area contributed by atoms with Crippen LogP contribution in [0, 0.1) is 5.92 Å². The maximum Gasteiger partial charge on any atom is 0.322 e. The molecule has 0 radical (unpaired) electrons. The summed E-state index contributed by atoms with van der Waals surface area (Å²) in [6, 6.07) is -1.47. The second-order valence-electron chi connectivity index (χ2n) is 3.90. The van der Waals surface area contributed by atoms with Gasteiger partial charge in [-0.2, -0.15) is 0 Å². The highest BCUT2D eigenvalue weighted by atomic mass is 32.2. The molecule has 0 aromatic heterocycles. The van der Waals surface area contributed by atoms with Crippen molar-refractivity contribution >= 4 is 21.9 Å². The SMILES string of the molecule is NC(=O)C[C@@H](NS(=O)(=O)CC1CC1)C(=O)O. The smallest absolute Gasteiger partial charge is 0.322 e. The summed E-state index contributed by atoms with van der Waals surface area (Å²) >= 11 is 0. The number of rotatable bonds is 7. The molecule has 7 nitrogen and oxygen atoms in total. The van der Waals surface area contributed by atoms with Gasteiger partial charge in [0.2, 0.25) is 15.9 Å². The Kier molecular flexibility index (Phi) is 3.87. The average molecular weight is 250 g/mol. The van der Waals surface area contributed by atoms with Gasteiger partial charge in [-0.05, 0) is 18.8 Å². The number of primary amides is 1. The van der Waals surface area contributed by atoms with Gasteiger partial charge in [0, 0.05) is 0 Å². The number of nitrogens with two attached hydrogens (primary N) is 1. The third-order valence-corrected chi connectivity index (χ3v) is 3.73. The van der Waals surface area contributed by atoms with Gasteiger partial charge in [0.05, 0.1) is 12.2 Å². The number of aliphatic carboxylic acids is 1. The second kappa shape index (κ2) is 4.79. The van der Waals surface area contributed by atoms with Crippen molar-refractivity contribution in [1.29, 1.82) is 0 Å². The molecule has 8 heteroatoms. The van der Waals surface area contributed by atoms with E-state index in [1.165, 1.54) is 0 Å². The van der Waals surface area contributed by atoms with Crippen molar-refractivity contribution in [2.24, 2.45) is 11.7 Å². The maximum absolute atomic E-state index is 11.5. The van der Waals surface area contributed by atoms with E-state index in [4.69, 9.17) is 10.8 Å². The topological polar surface area (TPSA) is 127 Å². The van der Waals surface area contributed by atoms with E-state index in [-0.39, 0.29) is 11.7 Å². The number of hydrogen-bond donors (Lipinski definition) is 3. The molecule has 0 aromatic rings. The van der Waals surface area contributed by atoms with Crippen LogP contribution < -0.4 is 10.5 Å². The van der Waals surface area contributed by atoms with Gasteiger partial charge in [0.15, 0.2) is 0 Å². The Labute approximate surface area is 93.1 Å². The summed E-state index contributed by atoms with van der Waals surface area (Å²) < 4.78 is 24.9. The van der Waals surface area contributed by atoms with E-state index in [1.54, 1.807) is 0 Å². The molecule has 0 saturated heterocycles. The van der Waals surface area contributed by atoms with Gasteiger partial charge in [-0.1, -0.05) is 0 Å². The number of carbonyl (C=O) groups is 2. The third-order valence-electron chi connectivity index (χ3n) is 2.18. The highest BCUT2D eigenvalue weighted by Gasteiger charge is 2.31. The van der Waals surface area contributed by atoms with Crippen LogP contribution >= 0.6 is 0 Å². The van der Waals surface area contributed by atoms with E-state index in [2.05, 4.69) is 0 Å². The largest absolute Gasteiger partial charge is 0.480 e. The summed E-state index contributed by atoms with van der Waals surface area (Å²) in [6.45, 7) is 0. The maximum atomic E-state index is 11.5. The second-order valence-corrected chi connectivity index (χ2v) is 5.70. The van der Waals surface area contributed by atoms with E-state index < -0.39 is 34.4 Å². The number of hydrogen-bond acceptors (Lipinski definition) is 4. The van der Waals surface area contributed by atoms with Crippen LogP contribution in [0.3, 0.4) is 0 Å². The molecule has 0 spiro atoms. The Morgan fingerprint density at radius 1 is 1.44 bits per heavy atom. The number of sulfonamides is 1. The predicted molar refractivity (Wildman–Crippen MR) is 54.9 cm³/mol. The van der Waals surface area contributed by atoms with Crippen molar-refractivity contribution in [3.63, 3.8) is 0 Å². The van der Waals surface area contributed by atoms with E-state index in [1.807, 2.05) is 4.72 Å². The Hall–Kier alpha value is -1.15. The highest BCUT2D eigenvalue weighted by Crippen LogP contribution is 2.30. The molecule has 0 aliphatic heterocycles. The van der Waals surface area contributed by atoms with Crippen LogP contribution in [-0.2, 0) is 19.6 Å². The zero-order valence-corrected chi connectivity index (χ0v) is 9.37. The fourth-order valence-corrected chi connectivity index (χ4v) is 2.91. The van der Waals surface area contributed by atoms with Gasteiger partial charge >= 0.3 is 5.97 Å². The summed E-state index contributed by atoms with van der Waals surface area (Å²) in [7, 11) is -3.65. The van der Waals surface area contributed by atoms with Gasteiger partial charge in [0.1, 0.15) is 6.04 Å². The van der Waals surface area contributed by atoms with Crippen molar-refractivity contribution < 1.29 is 23.1 Å². The van der Waals surface area contributed by atoms with Gasteiger partial charge in [-0.3, -0.25) is 9.59 Å². The van der Waals surface area contributed by atoms with Crippen LogP contribution in [0.25, 0.3) is 0 Å². The zero-order valence-electron chi connectivity index (χ0n) is 8.55. The highest BCUT2D eigenvalue weighted by molar-refractivity contribution is 7.89. The first-order chi connectivity index (χ1) is 7.30. The summed E-state index contributed by atoms with van der Waals surface area (Å²) in [5.74, 6) is -2.24. The fraction of sp³-hybridized carbons (Fsp3) is 0.750. The van der Waals surface area contributed by atoms with E-state index in [9.17, 15) is 18.0 Å². The van der Waals surface area contributed by atoms with Crippen LogP contribution in [0.1, 0.15) is 19.3 Å². The zero-order chi connectivity index (χ0) is 12.3. The first-order valence-corrected chi connectivity index (χ1v) is 6.46. The summed E-state index contributed by atoms with van der Waals surface area (Å²) in [5, 5.41) is 8.70. The number of nitrogens with one attached hydrogen (secondary N) is 1. The van der Waals surface area contributed by atoms with Crippen LogP contribution in [0.5, 0.6) is 0 Å². The predicted octanol–water partition coefficient (Wildman–Crippen LogP) is -1.36. The molecule has 0 aromatic carbocycles. The Morgan fingerprint density at radius 3 is 2.38 bits per heavy atom. The molecule has 0 heterocycles. The molecule has 1 saturated carbocycles. The lowest BCUT2D eigenvalue weighted by Gasteiger charge is -2.12. The minimum atomic E-state index is -3.65. The molecule has 0 unspecified atom stereocenters. The van der Waals surface area contributed by atoms with E-state index >= 15 is 0 Å². The molecule has 4 N–H and O–H groups in total. The molecule has 1 aliphatic rings. The Balaban J connectivity index is 2.58. The molecule has 0 bridgehead atoms. The van der Waals surface area contributed by atoms with Gasteiger partial charge in [0.25, 0.3) is 0 Å². The minimum absolute atomic E-state index is 0.0878. The monoisotopic (exact) mass is 250 g/mol. The van der Waals surface area contributed by atoms with Crippen molar-refractivity contribution in [3.05, 3.63) is 0 Å². The lowest BCUT2D eigenvalue weighted by Crippen LogP contribution is -2.44. The van der Waals surface area contributed by atoms with Crippen molar-refractivity contribution in [2.45, 2.75) is 25.3 Å². The summed E-state index contributed by atoms with van der Waals surface area (Å²) in [6.07, 6.45) is 1.14. The molecule has 1 aliphatic carbocycles. The lowest BCUT2D eigenvalue weighted by atomic mass is 10.2. The third kappa shape index (κ3) is 4.58. The molecule has 1 rings (SSSR count).